The predicted molar refractivity (Wildman–Crippen MR) is 157 cm³/mol. The standard InChI is InChI=1S/C11H22N2.C10H17N3.C10H19NO/c1-11(2,3)13-7-9-5-6-12(4)10(9)8-13;1-10(2,3)13-6-8-5-11-12(4)9(8)7-13;1-10(2,3)11-4-8-6-12-7-9(8)5-11/h9-10H,5-8H2,1-4H3;5H,6-7H2,1-4H3;8-9H,4-7H2,1-3H3. The largest absolute Gasteiger partial charge is 0.381 e. The number of aromatic nitrogens is 2. The summed E-state index contributed by atoms with van der Waals surface area (Å²) in [5.41, 5.74) is 3.74. The van der Waals surface area contributed by atoms with Gasteiger partial charge in [-0.1, -0.05) is 0 Å². The molecule has 0 radical (unpaired) electrons. The minimum atomic E-state index is 0.263. The highest BCUT2D eigenvalue weighted by Crippen LogP contribution is 2.34. The van der Waals surface area contributed by atoms with Gasteiger partial charge in [0.1, 0.15) is 0 Å². The first-order valence-corrected chi connectivity index (χ1v) is 15.1. The van der Waals surface area contributed by atoms with Crippen molar-refractivity contribution in [2.24, 2.45) is 24.8 Å². The minimum absolute atomic E-state index is 0.263. The number of aryl methyl sites for hydroxylation is 1. The molecule has 0 amide bonds. The highest BCUT2D eigenvalue weighted by Gasteiger charge is 2.43. The maximum Gasteiger partial charge on any atom is 0.0566 e. The molecule has 4 fully saturated rings. The molecule has 1 aromatic heterocycles. The molecule has 6 rings (SSSR count). The quantitative estimate of drug-likeness (QED) is 0.498. The predicted octanol–water partition coefficient (Wildman–Crippen LogP) is 4.32. The van der Waals surface area contributed by atoms with Crippen molar-refractivity contribution in [2.75, 3.05) is 53.0 Å². The Morgan fingerprint density at radius 2 is 1.24 bits per heavy atom. The Kier molecular flexibility index (Phi) is 8.77. The van der Waals surface area contributed by atoms with E-state index in [0.29, 0.717) is 11.1 Å². The van der Waals surface area contributed by atoms with Crippen LogP contribution in [0.2, 0.25) is 0 Å². The summed E-state index contributed by atoms with van der Waals surface area (Å²) in [5, 5.41) is 4.24. The third-order valence-electron chi connectivity index (χ3n) is 9.76. The smallest absolute Gasteiger partial charge is 0.0566 e. The van der Waals surface area contributed by atoms with Crippen LogP contribution in [0.25, 0.3) is 0 Å². The van der Waals surface area contributed by atoms with Crippen LogP contribution in [0.15, 0.2) is 6.20 Å². The number of nitrogens with zero attached hydrogens (tertiary/aromatic N) is 6. The van der Waals surface area contributed by atoms with E-state index in [-0.39, 0.29) is 5.54 Å². The molecular weight excluding hydrogens is 472 g/mol. The first-order valence-electron chi connectivity index (χ1n) is 15.1. The molecule has 5 aliphatic rings. The molecule has 218 valence electrons. The molecule has 1 aromatic rings. The number of fused-ring (bicyclic) bond motifs is 3. The van der Waals surface area contributed by atoms with Gasteiger partial charge < -0.3 is 9.64 Å². The van der Waals surface area contributed by atoms with Crippen LogP contribution >= 0.6 is 0 Å². The summed E-state index contributed by atoms with van der Waals surface area (Å²) in [6, 6.07) is 0.847. The number of likely N-dealkylation sites (N-methyl/N-ethyl adjacent to an activating group) is 1. The lowest BCUT2D eigenvalue weighted by Gasteiger charge is -2.33. The van der Waals surface area contributed by atoms with Gasteiger partial charge in [0, 0.05) is 86.4 Å². The molecule has 4 saturated heterocycles. The Bertz CT molecular complexity index is 910. The number of likely N-dealkylation sites (tertiary alicyclic amines) is 3. The molecule has 0 bridgehead atoms. The molecule has 38 heavy (non-hydrogen) atoms. The van der Waals surface area contributed by atoms with Crippen molar-refractivity contribution in [1.29, 1.82) is 0 Å². The van der Waals surface area contributed by atoms with E-state index in [1.807, 2.05) is 17.9 Å². The first-order chi connectivity index (χ1) is 17.5. The van der Waals surface area contributed by atoms with Crippen molar-refractivity contribution in [3.8, 4) is 0 Å². The summed E-state index contributed by atoms with van der Waals surface area (Å²) in [6.07, 6.45) is 3.40. The van der Waals surface area contributed by atoms with Gasteiger partial charge in [-0.05, 0) is 88.2 Å². The van der Waals surface area contributed by atoms with E-state index in [9.17, 15) is 0 Å². The maximum atomic E-state index is 5.45. The summed E-state index contributed by atoms with van der Waals surface area (Å²) in [4.78, 5) is 10.2. The van der Waals surface area contributed by atoms with Gasteiger partial charge in [0.15, 0.2) is 0 Å². The molecule has 4 atom stereocenters. The van der Waals surface area contributed by atoms with Crippen molar-refractivity contribution in [3.05, 3.63) is 17.5 Å². The molecule has 0 saturated carbocycles. The zero-order valence-corrected chi connectivity index (χ0v) is 26.5. The van der Waals surface area contributed by atoms with E-state index in [2.05, 4.69) is 94.1 Å². The number of hydrogen-bond donors (Lipinski definition) is 0. The van der Waals surface area contributed by atoms with E-state index in [0.717, 1.165) is 50.1 Å². The second-order valence-electron chi connectivity index (χ2n) is 15.6. The Hall–Kier alpha value is -0.990. The summed E-state index contributed by atoms with van der Waals surface area (Å²) in [5.74, 6) is 2.60. The molecule has 7 heteroatoms. The maximum absolute atomic E-state index is 5.45. The van der Waals surface area contributed by atoms with Crippen molar-refractivity contribution in [1.82, 2.24) is 29.4 Å². The molecule has 0 aliphatic carbocycles. The van der Waals surface area contributed by atoms with Gasteiger partial charge in [-0.2, -0.15) is 5.10 Å². The molecule has 0 aromatic carbocycles. The van der Waals surface area contributed by atoms with E-state index >= 15 is 0 Å². The van der Waals surface area contributed by atoms with E-state index < -0.39 is 0 Å². The Labute approximate surface area is 233 Å². The lowest BCUT2D eigenvalue weighted by molar-refractivity contribution is 0.114. The van der Waals surface area contributed by atoms with E-state index in [1.165, 1.54) is 50.4 Å². The number of ether oxygens (including phenoxy) is 1. The fourth-order valence-electron chi connectivity index (χ4n) is 6.72. The zero-order chi connectivity index (χ0) is 28.0. The van der Waals surface area contributed by atoms with Gasteiger partial charge in [0.2, 0.25) is 0 Å². The van der Waals surface area contributed by atoms with E-state index in [1.54, 1.807) is 0 Å². The highest BCUT2D eigenvalue weighted by atomic mass is 16.5. The molecule has 0 N–H and O–H groups in total. The van der Waals surface area contributed by atoms with Crippen molar-refractivity contribution in [3.63, 3.8) is 0 Å². The normalized spacial score (nSPS) is 30.5. The molecule has 6 heterocycles. The number of rotatable bonds is 0. The van der Waals surface area contributed by atoms with Crippen LogP contribution in [-0.4, -0.2) is 105 Å². The van der Waals surface area contributed by atoms with Crippen LogP contribution in [0.5, 0.6) is 0 Å². The van der Waals surface area contributed by atoms with Gasteiger partial charge in [-0.15, -0.1) is 0 Å². The monoisotopic (exact) mass is 530 g/mol. The lowest BCUT2D eigenvalue weighted by atomic mass is 10.0. The summed E-state index contributed by atoms with van der Waals surface area (Å²) < 4.78 is 7.43. The van der Waals surface area contributed by atoms with Crippen LogP contribution < -0.4 is 0 Å². The van der Waals surface area contributed by atoms with Gasteiger partial charge in [0.25, 0.3) is 0 Å². The van der Waals surface area contributed by atoms with Crippen molar-refractivity contribution in [2.45, 2.75) is 104 Å². The zero-order valence-electron chi connectivity index (χ0n) is 26.5. The Balaban J connectivity index is 0.000000133. The fourth-order valence-corrected chi connectivity index (χ4v) is 6.72. The molecule has 5 aliphatic heterocycles. The number of hydrogen-bond acceptors (Lipinski definition) is 6. The fraction of sp³-hybridized carbons (Fsp3) is 0.903. The second-order valence-corrected chi connectivity index (χ2v) is 15.6. The summed E-state index contributed by atoms with van der Waals surface area (Å²) >= 11 is 0. The molecular formula is C31H58N6O. The van der Waals surface area contributed by atoms with E-state index in [4.69, 9.17) is 4.74 Å². The Morgan fingerprint density at radius 1 is 0.711 bits per heavy atom. The first kappa shape index (κ1) is 30.0. The van der Waals surface area contributed by atoms with Crippen LogP contribution in [0.3, 0.4) is 0 Å². The van der Waals surface area contributed by atoms with Gasteiger partial charge in [-0.25, -0.2) is 0 Å². The summed E-state index contributed by atoms with van der Waals surface area (Å²) in [6.45, 7) is 31.1. The lowest BCUT2D eigenvalue weighted by Crippen LogP contribution is -2.42. The van der Waals surface area contributed by atoms with Crippen molar-refractivity contribution < 1.29 is 4.74 Å². The average Bonchev–Trinajstić information content (AvgIpc) is 3.58. The van der Waals surface area contributed by atoms with Crippen LogP contribution in [0, 0.1) is 17.8 Å². The van der Waals surface area contributed by atoms with Crippen LogP contribution in [0.4, 0.5) is 0 Å². The topological polar surface area (TPSA) is 40.0 Å². The molecule has 4 unspecified atom stereocenters. The second kappa shape index (κ2) is 11.1. The highest BCUT2D eigenvalue weighted by molar-refractivity contribution is 5.22. The SMILES string of the molecule is CC(C)(C)N1CC2COCC2C1.CN1CCC2CN(C(C)(C)C)CC21.Cn1ncc2c1CN(C(C)(C)C)C2. The van der Waals surface area contributed by atoms with Gasteiger partial charge in [-0.3, -0.25) is 19.4 Å². The third kappa shape index (κ3) is 6.83. The van der Waals surface area contributed by atoms with Crippen LogP contribution in [-0.2, 0) is 24.9 Å². The third-order valence-corrected chi connectivity index (χ3v) is 9.76. The van der Waals surface area contributed by atoms with Crippen molar-refractivity contribution >= 4 is 0 Å². The molecule has 0 spiro atoms. The Morgan fingerprint density at radius 3 is 1.74 bits per heavy atom. The van der Waals surface area contributed by atoms with Gasteiger partial charge in [0.05, 0.1) is 25.1 Å². The van der Waals surface area contributed by atoms with Gasteiger partial charge >= 0.3 is 0 Å². The average molecular weight is 531 g/mol. The molecule has 7 nitrogen and oxygen atoms in total. The minimum Gasteiger partial charge on any atom is -0.381 e. The van der Waals surface area contributed by atoms with Crippen LogP contribution in [0.1, 0.15) is 80.0 Å². The summed E-state index contributed by atoms with van der Waals surface area (Å²) in [7, 11) is 4.29.